The van der Waals surface area contributed by atoms with E-state index in [0.29, 0.717) is 5.56 Å². The van der Waals surface area contributed by atoms with E-state index in [1.165, 1.54) is 18.2 Å². The third kappa shape index (κ3) is 6.48. The van der Waals surface area contributed by atoms with Crippen molar-refractivity contribution in [3.8, 4) is 11.5 Å². The molecule has 6 atom stereocenters. The first-order chi connectivity index (χ1) is 14.1. The number of benzene rings is 1. The highest BCUT2D eigenvalue weighted by Crippen LogP contribution is 2.26. The molecule has 8 N–H and O–H groups in total. The summed E-state index contributed by atoms with van der Waals surface area (Å²) in [6.45, 7) is -0.695. The molecule has 0 saturated carbocycles. The standard InChI is InChI=1S/C18H26O12/c19-9(5-8-1-3-10(20)11(21)6-8)2-4-12(22)28-7-29-18-15(25)13(23)14(24)16(30-18)17(26)27/h1,3,6,9,13-21,23-27H,2,4-5,7H2. The van der Waals surface area contributed by atoms with Crippen LogP contribution in [0.3, 0.4) is 0 Å². The van der Waals surface area contributed by atoms with Crippen molar-refractivity contribution in [3.05, 3.63) is 23.8 Å². The Morgan fingerprint density at radius 1 is 1.03 bits per heavy atom. The van der Waals surface area contributed by atoms with Gasteiger partial charge in [0.15, 0.2) is 30.9 Å². The second kappa shape index (κ2) is 10.8. The number of phenols is 2. The maximum Gasteiger partial charge on any atom is 0.307 e. The molecule has 170 valence electrons. The lowest BCUT2D eigenvalue weighted by atomic mass is 9.98. The SMILES string of the molecule is O=C(CCC(O)Cc1ccc(O)c(O)c1)OCOC1OC(C(O)O)C(O)C(O)C1O. The minimum Gasteiger partial charge on any atom is -0.504 e. The number of hydrogen-bond donors (Lipinski definition) is 8. The van der Waals surface area contributed by atoms with Crippen LogP contribution in [0.2, 0.25) is 0 Å². The lowest BCUT2D eigenvalue weighted by Crippen LogP contribution is -2.61. The molecule has 12 heteroatoms. The Balaban J connectivity index is 1.72. The minimum absolute atomic E-state index is 0.0344. The van der Waals surface area contributed by atoms with Crippen molar-refractivity contribution < 1.29 is 59.9 Å². The van der Waals surface area contributed by atoms with Gasteiger partial charge in [-0.1, -0.05) is 6.07 Å². The summed E-state index contributed by atoms with van der Waals surface area (Å²) in [5.74, 6) is -1.35. The number of carbonyl (C=O) groups is 1. The number of phenolic OH excluding ortho intramolecular Hbond substituents is 2. The van der Waals surface area contributed by atoms with Gasteiger partial charge in [-0.15, -0.1) is 0 Å². The first-order valence-electron chi connectivity index (χ1n) is 9.12. The Kier molecular flexibility index (Phi) is 8.76. The maximum absolute atomic E-state index is 11.8. The van der Waals surface area contributed by atoms with E-state index < -0.39 is 55.9 Å². The van der Waals surface area contributed by atoms with Crippen molar-refractivity contribution in [2.75, 3.05) is 6.79 Å². The Morgan fingerprint density at radius 3 is 2.37 bits per heavy atom. The highest BCUT2D eigenvalue weighted by molar-refractivity contribution is 5.69. The minimum atomic E-state index is -2.15. The molecule has 0 spiro atoms. The predicted molar refractivity (Wildman–Crippen MR) is 95.7 cm³/mol. The van der Waals surface area contributed by atoms with Crippen LogP contribution >= 0.6 is 0 Å². The smallest absolute Gasteiger partial charge is 0.307 e. The zero-order valence-corrected chi connectivity index (χ0v) is 15.8. The van der Waals surface area contributed by atoms with E-state index in [2.05, 4.69) is 0 Å². The molecule has 0 aliphatic carbocycles. The molecule has 1 aliphatic rings. The van der Waals surface area contributed by atoms with Crippen LogP contribution in [-0.4, -0.2) is 96.7 Å². The molecule has 0 radical (unpaired) electrons. The fourth-order valence-electron chi connectivity index (χ4n) is 2.85. The number of esters is 1. The number of aliphatic hydroxyl groups is 6. The Morgan fingerprint density at radius 2 is 1.73 bits per heavy atom. The molecular weight excluding hydrogens is 408 g/mol. The van der Waals surface area contributed by atoms with Crippen molar-refractivity contribution in [2.24, 2.45) is 0 Å². The van der Waals surface area contributed by atoms with Crippen molar-refractivity contribution in [2.45, 2.75) is 62.4 Å². The van der Waals surface area contributed by atoms with Crippen LogP contribution < -0.4 is 0 Å². The Hall–Kier alpha value is -2.03. The molecule has 1 aromatic rings. The van der Waals surface area contributed by atoms with Crippen molar-refractivity contribution in [3.63, 3.8) is 0 Å². The molecule has 1 heterocycles. The van der Waals surface area contributed by atoms with Crippen LogP contribution in [0.5, 0.6) is 11.5 Å². The normalized spacial score (nSPS) is 27.8. The van der Waals surface area contributed by atoms with E-state index in [4.69, 9.17) is 24.4 Å². The molecule has 2 rings (SSSR count). The number of aliphatic hydroxyl groups excluding tert-OH is 5. The van der Waals surface area contributed by atoms with E-state index in [0.717, 1.165) is 0 Å². The Labute approximate surface area is 171 Å². The lowest BCUT2D eigenvalue weighted by Gasteiger charge is -2.40. The molecule has 12 nitrogen and oxygen atoms in total. The predicted octanol–water partition coefficient (Wildman–Crippen LogP) is -2.58. The van der Waals surface area contributed by atoms with Gasteiger partial charge in [-0.2, -0.15) is 0 Å². The molecule has 1 fully saturated rings. The van der Waals surface area contributed by atoms with Crippen LogP contribution in [0.25, 0.3) is 0 Å². The van der Waals surface area contributed by atoms with Crippen LogP contribution in [0.15, 0.2) is 18.2 Å². The molecule has 1 aromatic carbocycles. The van der Waals surface area contributed by atoms with Crippen molar-refractivity contribution >= 4 is 5.97 Å². The summed E-state index contributed by atoms with van der Waals surface area (Å²) in [6, 6.07) is 4.09. The van der Waals surface area contributed by atoms with Gasteiger partial charge in [0.25, 0.3) is 0 Å². The summed E-state index contributed by atoms with van der Waals surface area (Å²) in [4.78, 5) is 11.8. The molecule has 1 aliphatic heterocycles. The maximum atomic E-state index is 11.8. The third-order valence-electron chi connectivity index (χ3n) is 4.55. The number of carbonyl (C=O) groups excluding carboxylic acids is 1. The second-order valence-corrected chi connectivity index (χ2v) is 6.88. The Bertz CT molecular complexity index is 696. The van der Waals surface area contributed by atoms with E-state index in [1.807, 2.05) is 0 Å². The summed E-state index contributed by atoms with van der Waals surface area (Å²) in [7, 11) is 0. The monoisotopic (exact) mass is 434 g/mol. The van der Waals surface area contributed by atoms with Crippen LogP contribution in [0, 0.1) is 0 Å². The largest absolute Gasteiger partial charge is 0.504 e. The summed E-state index contributed by atoms with van der Waals surface area (Å²) in [5, 5.41) is 76.0. The van der Waals surface area contributed by atoms with Crippen molar-refractivity contribution in [1.29, 1.82) is 0 Å². The van der Waals surface area contributed by atoms with Gasteiger partial charge in [0.1, 0.15) is 24.4 Å². The summed E-state index contributed by atoms with van der Waals surface area (Å²) >= 11 is 0. The average Bonchev–Trinajstić information content (AvgIpc) is 2.69. The zero-order chi connectivity index (χ0) is 22.4. The van der Waals surface area contributed by atoms with E-state index in [9.17, 15) is 35.4 Å². The number of aromatic hydroxyl groups is 2. The molecule has 0 bridgehead atoms. The number of ether oxygens (including phenoxy) is 3. The second-order valence-electron chi connectivity index (χ2n) is 6.88. The topological polar surface area (TPSA) is 207 Å². The van der Waals surface area contributed by atoms with Gasteiger partial charge in [-0.25, -0.2) is 0 Å². The molecule has 0 aromatic heterocycles. The number of hydrogen-bond acceptors (Lipinski definition) is 12. The van der Waals surface area contributed by atoms with Crippen molar-refractivity contribution in [1.82, 2.24) is 0 Å². The molecule has 1 saturated heterocycles. The van der Waals surface area contributed by atoms with E-state index in [-0.39, 0.29) is 30.8 Å². The van der Waals surface area contributed by atoms with Crippen LogP contribution in [0.1, 0.15) is 18.4 Å². The van der Waals surface area contributed by atoms with Gasteiger partial charge in [-0.3, -0.25) is 4.79 Å². The summed E-state index contributed by atoms with van der Waals surface area (Å²) in [6.07, 6.45) is -11.6. The van der Waals surface area contributed by atoms with Crippen LogP contribution in [0.4, 0.5) is 0 Å². The molecule has 0 amide bonds. The zero-order valence-electron chi connectivity index (χ0n) is 15.8. The lowest BCUT2D eigenvalue weighted by molar-refractivity contribution is -0.337. The molecule has 30 heavy (non-hydrogen) atoms. The highest BCUT2D eigenvalue weighted by Gasteiger charge is 2.46. The van der Waals surface area contributed by atoms with Gasteiger partial charge in [0, 0.05) is 6.42 Å². The quantitative estimate of drug-likeness (QED) is 0.115. The van der Waals surface area contributed by atoms with Gasteiger partial charge in [0.2, 0.25) is 0 Å². The number of rotatable bonds is 9. The van der Waals surface area contributed by atoms with Gasteiger partial charge >= 0.3 is 5.97 Å². The average molecular weight is 434 g/mol. The van der Waals surface area contributed by atoms with Gasteiger partial charge in [-0.05, 0) is 30.5 Å². The van der Waals surface area contributed by atoms with E-state index >= 15 is 0 Å². The van der Waals surface area contributed by atoms with Crippen LogP contribution in [-0.2, 0) is 25.4 Å². The van der Waals surface area contributed by atoms with Gasteiger partial charge in [0.05, 0.1) is 6.10 Å². The first-order valence-corrected chi connectivity index (χ1v) is 9.12. The summed E-state index contributed by atoms with van der Waals surface area (Å²) < 4.78 is 14.7. The molecule has 6 unspecified atom stereocenters. The fraction of sp³-hybridized carbons (Fsp3) is 0.611. The third-order valence-corrected chi connectivity index (χ3v) is 4.55. The van der Waals surface area contributed by atoms with Gasteiger partial charge < -0.3 is 55.1 Å². The van der Waals surface area contributed by atoms with E-state index in [1.54, 1.807) is 0 Å². The molecular formula is C18H26O12. The summed E-state index contributed by atoms with van der Waals surface area (Å²) in [5.41, 5.74) is 0.555. The fourth-order valence-corrected chi connectivity index (χ4v) is 2.85. The first kappa shape index (κ1) is 24.2. The highest BCUT2D eigenvalue weighted by atomic mass is 16.8.